The summed E-state index contributed by atoms with van der Waals surface area (Å²) in [6, 6.07) is 3.38. The molecule has 1 aromatic carbocycles. The number of amidine groups is 1. The van der Waals surface area contributed by atoms with Gasteiger partial charge in [-0.25, -0.2) is 4.79 Å². The van der Waals surface area contributed by atoms with Crippen LogP contribution in [0.2, 0.25) is 0 Å². The fourth-order valence-corrected chi connectivity index (χ4v) is 2.64. The maximum atomic E-state index is 10.8. The third-order valence-electron chi connectivity index (χ3n) is 1.85. The lowest BCUT2D eigenvalue weighted by Crippen LogP contribution is -2.15. The molecule has 0 saturated carbocycles. The number of alkyl halides is 1. The Morgan fingerprint density at radius 1 is 1.44 bits per heavy atom. The summed E-state index contributed by atoms with van der Waals surface area (Å²) >= 11 is 11.9. The Balaban J connectivity index is 3.00. The minimum Gasteiger partial charge on any atom is -0.494 e. The van der Waals surface area contributed by atoms with Crippen LogP contribution in [0.25, 0.3) is 0 Å². The molecule has 2 N–H and O–H groups in total. The second-order valence-corrected chi connectivity index (χ2v) is 5.02. The van der Waals surface area contributed by atoms with E-state index in [1.807, 2.05) is 0 Å². The number of methoxy groups -OCH3 is 1. The molecular formula is C10H9Br2ClN2O3. The van der Waals surface area contributed by atoms with Gasteiger partial charge in [0.2, 0.25) is 0 Å². The largest absolute Gasteiger partial charge is 0.494 e. The van der Waals surface area contributed by atoms with Gasteiger partial charge < -0.3 is 15.3 Å². The maximum absolute atomic E-state index is 10.8. The molecule has 0 saturated heterocycles. The lowest BCUT2D eigenvalue weighted by atomic mass is 10.2. The van der Waals surface area contributed by atoms with Crippen LogP contribution in [0, 0.1) is 0 Å². The number of hydrogen-bond acceptors (Lipinski definition) is 4. The van der Waals surface area contributed by atoms with E-state index in [1.54, 1.807) is 19.2 Å². The van der Waals surface area contributed by atoms with Crippen molar-refractivity contribution < 1.29 is 14.4 Å². The van der Waals surface area contributed by atoms with Crippen molar-refractivity contribution in [1.82, 2.24) is 0 Å². The van der Waals surface area contributed by atoms with E-state index in [2.05, 4.69) is 41.9 Å². The van der Waals surface area contributed by atoms with Crippen LogP contribution in [0.5, 0.6) is 5.75 Å². The molecule has 98 valence electrons. The number of nitrogens with two attached hydrogens (primary N) is 1. The molecule has 0 fully saturated rings. The van der Waals surface area contributed by atoms with Crippen LogP contribution in [-0.2, 0) is 9.63 Å². The van der Waals surface area contributed by atoms with Crippen LogP contribution in [-0.4, -0.2) is 24.8 Å². The van der Waals surface area contributed by atoms with Gasteiger partial charge in [0, 0.05) is 5.56 Å². The zero-order valence-corrected chi connectivity index (χ0v) is 13.2. The summed E-state index contributed by atoms with van der Waals surface area (Å²) in [5, 5.41) is 3.48. The van der Waals surface area contributed by atoms with E-state index in [0.717, 1.165) is 0 Å². The molecule has 0 bridgehead atoms. The number of hydrogen-bond donors (Lipinski definition) is 1. The van der Waals surface area contributed by atoms with E-state index in [-0.39, 0.29) is 11.7 Å². The Labute approximate surface area is 126 Å². The number of nitrogens with zero attached hydrogens (tertiary/aromatic N) is 1. The van der Waals surface area contributed by atoms with Crippen LogP contribution in [0.15, 0.2) is 26.2 Å². The Hall–Kier alpha value is -0.790. The van der Waals surface area contributed by atoms with Crippen molar-refractivity contribution in [2.75, 3.05) is 13.0 Å². The van der Waals surface area contributed by atoms with E-state index < -0.39 is 5.97 Å². The summed E-state index contributed by atoms with van der Waals surface area (Å²) in [6.07, 6.45) is 0. The minimum atomic E-state index is -0.675. The van der Waals surface area contributed by atoms with Gasteiger partial charge >= 0.3 is 5.97 Å². The Morgan fingerprint density at radius 2 is 2.00 bits per heavy atom. The molecule has 1 aromatic rings. The lowest BCUT2D eigenvalue weighted by Gasteiger charge is -2.08. The Kier molecular flexibility index (Phi) is 5.90. The summed E-state index contributed by atoms with van der Waals surface area (Å²) in [5.74, 6) is -0.277. The molecule has 0 heterocycles. The number of rotatable bonds is 4. The SMILES string of the molecule is COc1c(Br)cc(/C(N)=N/OC(=O)CCl)cc1Br. The normalized spacial score (nSPS) is 11.2. The maximum Gasteiger partial charge on any atom is 0.349 e. The van der Waals surface area contributed by atoms with E-state index in [4.69, 9.17) is 22.1 Å². The highest BCUT2D eigenvalue weighted by atomic mass is 79.9. The van der Waals surface area contributed by atoms with Crippen LogP contribution < -0.4 is 10.5 Å². The molecule has 0 unspecified atom stereocenters. The van der Waals surface area contributed by atoms with Gasteiger partial charge in [-0.2, -0.15) is 0 Å². The quantitative estimate of drug-likeness (QED) is 0.277. The summed E-state index contributed by atoms with van der Waals surface area (Å²) < 4.78 is 6.53. The zero-order chi connectivity index (χ0) is 13.7. The molecule has 0 aromatic heterocycles. The minimum absolute atomic E-state index is 0.0533. The van der Waals surface area contributed by atoms with Gasteiger partial charge in [0.1, 0.15) is 11.6 Å². The smallest absolute Gasteiger partial charge is 0.349 e. The second kappa shape index (κ2) is 6.96. The topological polar surface area (TPSA) is 73.9 Å². The molecule has 0 atom stereocenters. The predicted molar refractivity (Wildman–Crippen MR) is 75.9 cm³/mol. The molecule has 8 heteroatoms. The third kappa shape index (κ3) is 3.86. The highest BCUT2D eigenvalue weighted by molar-refractivity contribution is 9.11. The molecule has 1 rings (SSSR count). The van der Waals surface area contributed by atoms with Crippen molar-refractivity contribution >= 4 is 55.3 Å². The number of halogens is 3. The van der Waals surface area contributed by atoms with Crippen molar-refractivity contribution in [2.24, 2.45) is 10.9 Å². The van der Waals surface area contributed by atoms with Crippen molar-refractivity contribution in [1.29, 1.82) is 0 Å². The molecule has 0 aliphatic carbocycles. The first-order valence-electron chi connectivity index (χ1n) is 4.62. The molecule has 0 radical (unpaired) electrons. The van der Waals surface area contributed by atoms with Gasteiger partial charge in [0.15, 0.2) is 5.84 Å². The molecule has 0 spiro atoms. The number of ether oxygens (including phenoxy) is 1. The van der Waals surface area contributed by atoms with Gasteiger partial charge in [-0.05, 0) is 44.0 Å². The van der Waals surface area contributed by atoms with Crippen molar-refractivity contribution in [3.63, 3.8) is 0 Å². The van der Waals surface area contributed by atoms with E-state index >= 15 is 0 Å². The lowest BCUT2D eigenvalue weighted by molar-refractivity contribution is -0.140. The average molecular weight is 400 g/mol. The van der Waals surface area contributed by atoms with Gasteiger partial charge in [-0.15, -0.1) is 11.6 Å². The van der Waals surface area contributed by atoms with Crippen LogP contribution in [0.3, 0.4) is 0 Å². The molecule has 0 amide bonds. The fourth-order valence-electron chi connectivity index (χ4n) is 1.08. The van der Waals surface area contributed by atoms with Gasteiger partial charge in [-0.1, -0.05) is 5.16 Å². The first-order chi connectivity index (χ1) is 8.49. The highest BCUT2D eigenvalue weighted by Gasteiger charge is 2.10. The standard InChI is InChI=1S/C10H9Br2ClN2O3/c1-17-9-6(11)2-5(3-7(9)12)10(14)15-18-8(16)4-13/h2-3H,4H2,1H3,(H2,14,15). The predicted octanol–water partition coefficient (Wildman–Crippen LogP) is 2.62. The number of benzene rings is 1. The van der Waals surface area contributed by atoms with Gasteiger partial charge in [-0.3, -0.25) is 0 Å². The Morgan fingerprint density at radius 3 is 2.44 bits per heavy atom. The summed E-state index contributed by atoms with van der Waals surface area (Å²) in [6.45, 7) is 0. The molecular weight excluding hydrogens is 391 g/mol. The van der Waals surface area contributed by atoms with Gasteiger partial charge in [0.05, 0.1) is 16.1 Å². The molecule has 0 aliphatic heterocycles. The van der Waals surface area contributed by atoms with Crippen molar-refractivity contribution in [2.45, 2.75) is 0 Å². The third-order valence-corrected chi connectivity index (χ3v) is 3.25. The van der Waals surface area contributed by atoms with Crippen LogP contribution >= 0.6 is 43.5 Å². The summed E-state index contributed by atoms with van der Waals surface area (Å²) in [7, 11) is 1.55. The summed E-state index contributed by atoms with van der Waals surface area (Å²) in [5.41, 5.74) is 6.24. The van der Waals surface area contributed by atoms with Gasteiger partial charge in [0.25, 0.3) is 0 Å². The Bertz CT molecular complexity index is 471. The van der Waals surface area contributed by atoms with Crippen molar-refractivity contribution in [3.05, 3.63) is 26.6 Å². The van der Waals surface area contributed by atoms with E-state index in [1.165, 1.54) is 0 Å². The van der Waals surface area contributed by atoms with E-state index in [0.29, 0.717) is 20.3 Å². The first kappa shape index (κ1) is 15.3. The average Bonchev–Trinajstić information content (AvgIpc) is 2.34. The first-order valence-corrected chi connectivity index (χ1v) is 6.74. The fraction of sp³-hybridized carbons (Fsp3) is 0.200. The highest BCUT2D eigenvalue weighted by Crippen LogP contribution is 2.34. The van der Waals surface area contributed by atoms with Crippen LogP contribution in [0.1, 0.15) is 5.56 Å². The monoisotopic (exact) mass is 398 g/mol. The number of carbonyl (C=O) groups excluding carboxylic acids is 1. The van der Waals surface area contributed by atoms with Crippen molar-refractivity contribution in [3.8, 4) is 5.75 Å². The number of carbonyl (C=O) groups is 1. The summed E-state index contributed by atoms with van der Waals surface area (Å²) in [4.78, 5) is 15.3. The van der Waals surface area contributed by atoms with E-state index in [9.17, 15) is 4.79 Å². The molecule has 18 heavy (non-hydrogen) atoms. The van der Waals surface area contributed by atoms with Crippen LogP contribution in [0.4, 0.5) is 0 Å². The molecule has 0 aliphatic rings. The molecule has 5 nitrogen and oxygen atoms in total. The zero-order valence-electron chi connectivity index (χ0n) is 9.25. The second-order valence-electron chi connectivity index (χ2n) is 3.05. The number of oxime groups is 1.